The summed E-state index contributed by atoms with van der Waals surface area (Å²) in [6, 6.07) is 10.9. The molecule has 2 aromatic rings. The highest BCUT2D eigenvalue weighted by atomic mass is 32.1. The Morgan fingerprint density at radius 3 is 2.64 bits per heavy atom. The van der Waals surface area contributed by atoms with Crippen molar-refractivity contribution in [3.8, 4) is 6.07 Å². The maximum absolute atomic E-state index is 9.56. The van der Waals surface area contributed by atoms with Crippen molar-refractivity contribution in [1.29, 1.82) is 5.26 Å². The zero-order chi connectivity index (χ0) is 17.8. The van der Waals surface area contributed by atoms with Crippen molar-refractivity contribution in [3.63, 3.8) is 0 Å². The quantitative estimate of drug-likeness (QED) is 0.682. The Morgan fingerprint density at radius 1 is 1.28 bits per heavy atom. The van der Waals surface area contributed by atoms with Crippen LogP contribution in [0.2, 0.25) is 0 Å². The fraction of sp³-hybridized carbons (Fsp3) is 0.429. The van der Waals surface area contributed by atoms with E-state index in [2.05, 4.69) is 61.0 Å². The predicted molar refractivity (Wildman–Crippen MR) is 107 cm³/mol. The molecule has 1 aliphatic rings. The van der Waals surface area contributed by atoms with Gasteiger partial charge in [0.15, 0.2) is 0 Å². The van der Waals surface area contributed by atoms with Crippen molar-refractivity contribution in [1.82, 2.24) is 0 Å². The molecule has 3 nitrogen and oxygen atoms in total. The van der Waals surface area contributed by atoms with Crippen molar-refractivity contribution in [2.24, 2.45) is 10.9 Å². The minimum atomic E-state index is 0.710. The van der Waals surface area contributed by atoms with Gasteiger partial charge < -0.3 is 4.90 Å². The standard InChI is InChI=1S/C21H25N3S/c1-4-24(5-2)17-9-7-16(8-10-17)14-23-21-19(13-22)18-11-6-15(3)12-20(18)25-21/h7-10,14-15H,4-6,11-12H2,1-3H3/t15-/m0/s1. The lowest BCUT2D eigenvalue weighted by Crippen LogP contribution is -2.21. The van der Waals surface area contributed by atoms with Crippen LogP contribution < -0.4 is 4.90 Å². The number of rotatable bonds is 5. The molecular formula is C21H25N3S. The first-order valence-corrected chi connectivity index (χ1v) is 9.91. The number of benzene rings is 1. The second-order valence-corrected chi connectivity index (χ2v) is 7.75. The summed E-state index contributed by atoms with van der Waals surface area (Å²) < 4.78 is 0. The lowest BCUT2D eigenvalue weighted by Gasteiger charge is -2.20. The van der Waals surface area contributed by atoms with Crippen LogP contribution in [0.5, 0.6) is 0 Å². The summed E-state index contributed by atoms with van der Waals surface area (Å²) in [6.07, 6.45) is 5.16. The number of anilines is 1. The molecule has 1 aliphatic carbocycles. The summed E-state index contributed by atoms with van der Waals surface area (Å²) in [5.41, 5.74) is 4.34. The molecule has 1 atom stereocenters. The van der Waals surface area contributed by atoms with Crippen molar-refractivity contribution in [3.05, 3.63) is 45.8 Å². The molecule has 0 spiro atoms. The fourth-order valence-corrected chi connectivity index (χ4v) is 4.74. The summed E-state index contributed by atoms with van der Waals surface area (Å²) in [4.78, 5) is 8.33. The second kappa shape index (κ2) is 7.84. The Bertz CT molecular complexity index is 792. The van der Waals surface area contributed by atoms with Crippen molar-refractivity contribution < 1.29 is 0 Å². The Balaban J connectivity index is 1.82. The average molecular weight is 352 g/mol. The molecule has 4 heteroatoms. The van der Waals surface area contributed by atoms with Gasteiger partial charge in [-0.1, -0.05) is 19.1 Å². The SMILES string of the molecule is CCN(CC)c1ccc(C=Nc2sc3c(c2C#N)CC[C@H](C)C3)cc1. The molecule has 0 unspecified atom stereocenters. The van der Waals surface area contributed by atoms with Gasteiger partial charge >= 0.3 is 0 Å². The molecule has 0 N–H and O–H groups in total. The normalized spacial score (nSPS) is 16.6. The number of hydrogen-bond donors (Lipinski definition) is 0. The summed E-state index contributed by atoms with van der Waals surface area (Å²) in [6.45, 7) is 8.64. The molecule has 0 radical (unpaired) electrons. The van der Waals surface area contributed by atoms with Crippen molar-refractivity contribution in [2.45, 2.75) is 40.0 Å². The van der Waals surface area contributed by atoms with Crippen LogP contribution in [0.4, 0.5) is 10.7 Å². The Labute approximate surface area is 154 Å². The number of nitriles is 1. The van der Waals surface area contributed by atoms with E-state index in [9.17, 15) is 5.26 Å². The Morgan fingerprint density at radius 2 is 2.00 bits per heavy atom. The maximum Gasteiger partial charge on any atom is 0.134 e. The molecule has 1 aromatic heterocycles. The molecule has 1 aromatic carbocycles. The van der Waals surface area contributed by atoms with Crippen LogP contribution in [0.25, 0.3) is 0 Å². The van der Waals surface area contributed by atoms with E-state index in [1.54, 1.807) is 11.3 Å². The summed E-state index contributed by atoms with van der Waals surface area (Å²) in [5.74, 6) is 0.710. The molecule has 1 heterocycles. The van der Waals surface area contributed by atoms with E-state index >= 15 is 0 Å². The monoisotopic (exact) mass is 351 g/mol. The number of thiophene rings is 1. The molecule has 0 amide bonds. The molecule has 0 bridgehead atoms. The van der Waals surface area contributed by atoms with Crippen LogP contribution in [-0.2, 0) is 12.8 Å². The predicted octanol–water partition coefficient (Wildman–Crippen LogP) is 5.34. The number of hydrogen-bond acceptors (Lipinski definition) is 4. The van der Waals surface area contributed by atoms with Gasteiger partial charge in [-0.25, -0.2) is 4.99 Å². The van der Waals surface area contributed by atoms with Gasteiger partial charge in [0.2, 0.25) is 0 Å². The van der Waals surface area contributed by atoms with Gasteiger partial charge in [0.1, 0.15) is 11.1 Å². The summed E-state index contributed by atoms with van der Waals surface area (Å²) in [5, 5.41) is 10.4. The Hall–Kier alpha value is -2.12. The molecular weight excluding hydrogens is 326 g/mol. The van der Waals surface area contributed by atoms with Crippen LogP contribution in [-0.4, -0.2) is 19.3 Å². The zero-order valence-corrected chi connectivity index (χ0v) is 16.1. The van der Waals surface area contributed by atoms with Gasteiger partial charge in [-0.3, -0.25) is 0 Å². The van der Waals surface area contributed by atoms with Crippen LogP contribution in [0.15, 0.2) is 29.3 Å². The molecule has 0 saturated carbocycles. The third kappa shape index (κ3) is 3.77. The topological polar surface area (TPSA) is 39.4 Å². The van der Waals surface area contributed by atoms with Gasteiger partial charge in [-0.15, -0.1) is 11.3 Å². The fourth-order valence-electron chi connectivity index (χ4n) is 3.44. The summed E-state index contributed by atoms with van der Waals surface area (Å²) in [7, 11) is 0. The first kappa shape index (κ1) is 17.7. The van der Waals surface area contributed by atoms with E-state index in [4.69, 9.17) is 0 Å². The minimum Gasteiger partial charge on any atom is -0.372 e. The van der Waals surface area contributed by atoms with Crippen molar-refractivity contribution in [2.75, 3.05) is 18.0 Å². The largest absolute Gasteiger partial charge is 0.372 e. The molecule has 0 saturated heterocycles. The number of nitrogens with zero attached hydrogens (tertiary/aromatic N) is 3. The molecule has 130 valence electrons. The first-order valence-electron chi connectivity index (χ1n) is 9.09. The van der Waals surface area contributed by atoms with Gasteiger partial charge in [0.05, 0.1) is 5.56 Å². The Kier molecular flexibility index (Phi) is 5.55. The van der Waals surface area contributed by atoms with E-state index in [-0.39, 0.29) is 0 Å². The van der Waals surface area contributed by atoms with Crippen LogP contribution >= 0.6 is 11.3 Å². The smallest absolute Gasteiger partial charge is 0.134 e. The van der Waals surface area contributed by atoms with Crippen LogP contribution in [0.3, 0.4) is 0 Å². The van der Waals surface area contributed by atoms with Gasteiger partial charge in [0, 0.05) is 29.9 Å². The number of aliphatic imine (C=N–C) groups is 1. The summed E-state index contributed by atoms with van der Waals surface area (Å²) >= 11 is 1.70. The molecule has 25 heavy (non-hydrogen) atoms. The van der Waals surface area contributed by atoms with Crippen LogP contribution in [0.1, 0.15) is 48.8 Å². The lowest BCUT2D eigenvalue weighted by molar-refractivity contribution is 0.507. The molecule has 0 fully saturated rings. The first-order chi connectivity index (χ1) is 12.2. The number of fused-ring (bicyclic) bond motifs is 1. The van der Waals surface area contributed by atoms with E-state index < -0.39 is 0 Å². The average Bonchev–Trinajstić information content (AvgIpc) is 2.98. The van der Waals surface area contributed by atoms with Crippen LogP contribution in [0, 0.1) is 17.2 Å². The van der Waals surface area contributed by atoms with E-state index in [1.165, 1.54) is 22.5 Å². The van der Waals surface area contributed by atoms with E-state index in [1.807, 2.05) is 6.21 Å². The second-order valence-electron chi connectivity index (χ2n) is 6.67. The van der Waals surface area contributed by atoms with Crippen molar-refractivity contribution >= 4 is 28.2 Å². The third-order valence-corrected chi connectivity index (χ3v) is 6.12. The van der Waals surface area contributed by atoms with Gasteiger partial charge in [-0.2, -0.15) is 5.26 Å². The molecule has 3 rings (SSSR count). The lowest BCUT2D eigenvalue weighted by atomic mass is 9.89. The highest BCUT2D eigenvalue weighted by molar-refractivity contribution is 7.16. The zero-order valence-electron chi connectivity index (χ0n) is 15.2. The highest BCUT2D eigenvalue weighted by Crippen LogP contribution is 2.40. The van der Waals surface area contributed by atoms with Gasteiger partial charge in [0.25, 0.3) is 0 Å². The minimum absolute atomic E-state index is 0.710. The molecule has 0 aliphatic heterocycles. The maximum atomic E-state index is 9.56. The van der Waals surface area contributed by atoms with Gasteiger partial charge in [-0.05, 0) is 62.3 Å². The highest BCUT2D eigenvalue weighted by Gasteiger charge is 2.23. The van der Waals surface area contributed by atoms with E-state index in [0.29, 0.717) is 5.92 Å². The van der Waals surface area contributed by atoms with E-state index in [0.717, 1.165) is 42.1 Å². The third-order valence-electron chi connectivity index (χ3n) is 4.96.